The Hall–Kier alpha value is -2.15. The van der Waals surface area contributed by atoms with E-state index in [4.69, 9.17) is 9.47 Å². The maximum Gasteiger partial charge on any atom is 0.363 e. The monoisotopic (exact) mass is 447 g/mol. The number of ether oxygens (including phenoxy) is 2. The maximum atomic E-state index is 12.1. The second-order valence-electron chi connectivity index (χ2n) is 5.62. The number of halogens is 1. The number of unbranched alkanes of at least 4 members (excludes halogenated alkanes) is 1. The molecular weight excluding hydrogens is 429 g/mol. The lowest BCUT2D eigenvalue weighted by atomic mass is 10.2. The molecule has 0 radical (unpaired) electrons. The summed E-state index contributed by atoms with van der Waals surface area (Å²) in [7, 11) is 0. The van der Waals surface area contributed by atoms with Crippen LogP contribution in [0.3, 0.4) is 0 Å². The number of carbonyl (C=O) groups excluding carboxylic acids is 1. The highest BCUT2D eigenvalue weighted by molar-refractivity contribution is 14.1. The van der Waals surface area contributed by atoms with Crippen molar-refractivity contribution in [2.75, 3.05) is 6.61 Å². The lowest BCUT2D eigenvalue weighted by Crippen LogP contribution is -2.05. The van der Waals surface area contributed by atoms with E-state index in [2.05, 4.69) is 34.5 Å². The summed E-state index contributed by atoms with van der Waals surface area (Å²) in [5.74, 6) is 0.691. The van der Waals surface area contributed by atoms with E-state index in [-0.39, 0.29) is 0 Å². The van der Waals surface area contributed by atoms with E-state index in [0.717, 1.165) is 33.3 Å². The predicted octanol–water partition coefficient (Wildman–Crippen LogP) is 4.81. The number of carbonyl (C=O) groups is 1. The zero-order valence-electron chi connectivity index (χ0n) is 13.9. The van der Waals surface area contributed by atoms with Crippen molar-refractivity contribution in [1.29, 1.82) is 0 Å². The molecule has 0 atom stereocenters. The average molecular weight is 447 g/mol. The van der Waals surface area contributed by atoms with E-state index in [1.54, 1.807) is 6.08 Å². The quantitative estimate of drug-likeness (QED) is 0.276. The molecule has 2 aromatic carbocycles. The third-order valence-corrected chi connectivity index (χ3v) is 4.31. The molecule has 3 rings (SSSR count). The number of esters is 1. The Balaban J connectivity index is 1.76. The summed E-state index contributed by atoms with van der Waals surface area (Å²) in [4.78, 5) is 16.4. The zero-order valence-corrected chi connectivity index (χ0v) is 16.0. The van der Waals surface area contributed by atoms with Gasteiger partial charge >= 0.3 is 5.97 Å². The molecule has 0 saturated carbocycles. The first-order valence-electron chi connectivity index (χ1n) is 8.17. The highest BCUT2D eigenvalue weighted by Gasteiger charge is 2.24. The van der Waals surface area contributed by atoms with Gasteiger partial charge in [-0.25, -0.2) is 9.79 Å². The van der Waals surface area contributed by atoms with Crippen LogP contribution in [0, 0.1) is 3.57 Å². The van der Waals surface area contributed by atoms with E-state index in [1.165, 1.54) is 0 Å². The predicted molar refractivity (Wildman–Crippen MR) is 107 cm³/mol. The number of hydrogen-bond acceptors (Lipinski definition) is 4. The standard InChI is InChI=1S/C20H18INO3/c1-2-3-11-24-17-9-7-15(8-10-17)19-22-18(20(23)25-19)13-14-5-4-6-16(21)12-14/h4-10,12-13H,2-3,11H2,1H3. The first-order valence-corrected chi connectivity index (χ1v) is 9.25. The molecule has 0 amide bonds. The molecule has 0 bridgehead atoms. The number of nitrogens with zero attached hydrogens (tertiary/aromatic N) is 1. The van der Waals surface area contributed by atoms with Gasteiger partial charge in [0, 0.05) is 9.13 Å². The Kier molecular flexibility index (Phi) is 5.86. The van der Waals surface area contributed by atoms with E-state index in [9.17, 15) is 4.79 Å². The third kappa shape index (κ3) is 4.69. The minimum Gasteiger partial charge on any atom is -0.494 e. The van der Waals surface area contributed by atoms with Crippen LogP contribution < -0.4 is 4.74 Å². The number of aliphatic imine (C=N–C) groups is 1. The van der Waals surface area contributed by atoms with Crippen molar-refractivity contribution < 1.29 is 14.3 Å². The normalized spacial score (nSPS) is 15.2. The van der Waals surface area contributed by atoms with Crippen LogP contribution in [0.2, 0.25) is 0 Å². The van der Waals surface area contributed by atoms with E-state index < -0.39 is 5.97 Å². The van der Waals surface area contributed by atoms with Crippen molar-refractivity contribution in [3.05, 3.63) is 68.9 Å². The molecule has 128 valence electrons. The molecule has 1 heterocycles. The smallest absolute Gasteiger partial charge is 0.363 e. The SMILES string of the molecule is CCCCOc1ccc(C2=NC(=Cc3cccc(I)c3)C(=O)O2)cc1. The van der Waals surface area contributed by atoms with E-state index in [0.29, 0.717) is 18.2 Å². The Labute approximate surface area is 160 Å². The Morgan fingerprint density at radius 1 is 1.20 bits per heavy atom. The summed E-state index contributed by atoms with van der Waals surface area (Å²) in [6, 6.07) is 15.3. The molecule has 25 heavy (non-hydrogen) atoms. The van der Waals surface area contributed by atoms with Gasteiger partial charge in [-0.2, -0.15) is 0 Å². The average Bonchev–Trinajstić information content (AvgIpc) is 2.96. The number of hydrogen-bond donors (Lipinski definition) is 0. The molecule has 4 nitrogen and oxygen atoms in total. The van der Waals surface area contributed by atoms with Crippen molar-refractivity contribution in [2.24, 2.45) is 4.99 Å². The van der Waals surface area contributed by atoms with Gasteiger partial charge in [0.25, 0.3) is 0 Å². The largest absolute Gasteiger partial charge is 0.494 e. The first kappa shape index (κ1) is 17.7. The third-order valence-electron chi connectivity index (χ3n) is 3.64. The molecule has 0 aliphatic carbocycles. The lowest BCUT2D eigenvalue weighted by molar-refractivity contribution is -0.129. The van der Waals surface area contributed by atoms with Crippen molar-refractivity contribution in [3.8, 4) is 5.75 Å². The highest BCUT2D eigenvalue weighted by atomic mass is 127. The zero-order chi connectivity index (χ0) is 17.6. The summed E-state index contributed by atoms with van der Waals surface area (Å²) in [5.41, 5.74) is 1.98. The van der Waals surface area contributed by atoms with Crippen LogP contribution in [-0.2, 0) is 9.53 Å². The van der Waals surface area contributed by atoms with Gasteiger partial charge in [-0.15, -0.1) is 0 Å². The van der Waals surface area contributed by atoms with Gasteiger partial charge < -0.3 is 9.47 Å². The Morgan fingerprint density at radius 3 is 2.72 bits per heavy atom. The number of cyclic esters (lactones) is 1. The minimum atomic E-state index is -0.433. The van der Waals surface area contributed by atoms with E-state index in [1.807, 2.05) is 48.5 Å². The summed E-state index contributed by atoms with van der Waals surface area (Å²) < 4.78 is 12.0. The summed E-state index contributed by atoms with van der Waals surface area (Å²) in [5, 5.41) is 0. The van der Waals surface area contributed by atoms with Crippen molar-refractivity contribution in [2.45, 2.75) is 19.8 Å². The number of benzene rings is 2. The number of rotatable bonds is 6. The molecule has 2 aromatic rings. The van der Waals surface area contributed by atoms with Gasteiger partial charge in [0.1, 0.15) is 5.75 Å². The van der Waals surface area contributed by atoms with Gasteiger partial charge in [0.2, 0.25) is 5.90 Å². The highest BCUT2D eigenvalue weighted by Crippen LogP contribution is 2.21. The van der Waals surface area contributed by atoms with Crippen LogP contribution in [0.25, 0.3) is 6.08 Å². The summed E-state index contributed by atoms with van der Waals surface area (Å²) >= 11 is 2.23. The van der Waals surface area contributed by atoms with Crippen LogP contribution in [0.5, 0.6) is 5.75 Å². The molecule has 0 spiro atoms. The maximum absolute atomic E-state index is 12.1. The van der Waals surface area contributed by atoms with Crippen LogP contribution in [0.4, 0.5) is 0 Å². The van der Waals surface area contributed by atoms with E-state index >= 15 is 0 Å². The molecule has 0 fully saturated rings. The van der Waals surface area contributed by atoms with Crippen molar-refractivity contribution in [3.63, 3.8) is 0 Å². The molecule has 0 aromatic heterocycles. The molecule has 5 heteroatoms. The van der Waals surface area contributed by atoms with Crippen LogP contribution >= 0.6 is 22.6 Å². The van der Waals surface area contributed by atoms with Gasteiger partial charge in [0.05, 0.1) is 6.61 Å². The Bertz CT molecular complexity index is 825. The fraction of sp³-hybridized carbons (Fsp3) is 0.200. The topological polar surface area (TPSA) is 47.9 Å². The first-order chi connectivity index (χ1) is 12.2. The molecular formula is C20H18INO3. The fourth-order valence-corrected chi connectivity index (χ4v) is 2.88. The van der Waals surface area contributed by atoms with Crippen molar-refractivity contribution in [1.82, 2.24) is 0 Å². The van der Waals surface area contributed by atoms with Crippen LogP contribution in [0.1, 0.15) is 30.9 Å². The van der Waals surface area contributed by atoms with Gasteiger partial charge in [0.15, 0.2) is 5.70 Å². The van der Waals surface area contributed by atoms with Crippen LogP contribution in [0.15, 0.2) is 59.2 Å². The molecule has 1 aliphatic heterocycles. The summed E-state index contributed by atoms with van der Waals surface area (Å²) in [6.45, 7) is 2.83. The second-order valence-corrected chi connectivity index (χ2v) is 6.86. The van der Waals surface area contributed by atoms with Gasteiger partial charge in [-0.3, -0.25) is 0 Å². The fourth-order valence-electron chi connectivity index (χ4n) is 2.31. The second kappa shape index (κ2) is 8.29. The van der Waals surface area contributed by atoms with Crippen molar-refractivity contribution >= 4 is 40.5 Å². The molecule has 1 aliphatic rings. The molecule has 0 unspecified atom stereocenters. The molecule has 0 N–H and O–H groups in total. The van der Waals surface area contributed by atoms with Gasteiger partial charge in [-0.05, 0) is 77.0 Å². The summed E-state index contributed by atoms with van der Waals surface area (Å²) in [6.07, 6.45) is 3.86. The Morgan fingerprint density at radius 2 is 2.00 bits per heavy atom. The van der Waals surface area contributed by atoms with Crippen LogP contribution in [-0.4, -0.2) is 18.5 Å². The minimum absolute atomic E-state index is 0.306. The van der Waals surface area contributed by atoms with Gasteiger partial charge in [-0.1, -0.05) is 25.5 Å². The molecule has 0 saturated heterocycles. The lowest BCUT2D eigenvalue weighted by Gasteiger charge is -2.05.